The molecule has 0 aliphatic rings. The van der Waals surface area contributed by atoms with Gasteiger partial charge in [-0.1, -0.05) is 113 Å². The molecule has 26 heavy (non-hydrogen) atoms. The topological polar surface area (TPSA) is 9.23 Å². The SMILES string of the molecule is CC(C)(COCc1cccc(Br)c1)[SiH](c1ccccc1)c1ccccc1. The van der Waals surface area contributed by atoms with Gasteiger partial charge in [0.05, 0.1) is 13.2 Å². The molecule has 0 radical (unpaired) electrons. The van der Waals surface area contributed by atoms with Crippen LogP contribution in [-0.4, -0.2) is 15.4 Å². The van der Waals surface area contributed by atoms with Crippen LogP contribution in [-0.2, 0) is 11.3 Å². The number of ether oxygens (including phenoxy) is 1. The first-order valence-electron chi connectivity index (χ1n) is 8.98. The number of halogens is 1. The molecule has 0 atom stereocenters. The molecular weight excluding hydrogens is 400 g/mol. The summed E-state index contributed by atoms with van der Waals surface area (Å²) in [7, 11) is -1.43. The summed E-state index contributed by atoms with van der Waals surface area (Å²) in [5.41, 5.74) is 1.20. The highest BCUT2D eigenvalue weighted by Gasteiger charge is 2.34. The Morgan fingerprint density at radius 3 is 1.92 bits per heavy atom. The molecule has 134 valence electrons. The van der Waals surface area contributed by atoms with Crippen molar-refractivity contribution in [3.05, 3.63) is 95.0 Å². The lowest BCUT2D eigenvalue weighted by Crippen LogP contribution is -2.51. The Kier molecular flexibility index (Phi) is 6.46. The molecule has 1 nitrogen and oxygen atoms in total. The van der Waals surface area contributed by atoms with Crippen molar-refractivity contribution in [1.29, 1.82) is 0 Å². The minimum Gasteiger partial charge on any atom is -0.377 e. The first-order chi connectivity index (χ1) is 12.6. The largest absolute Gasteiger partial charge is 0.377 e. The van der Waals surface area contributed by atoms with Crippen molar-refractivity contribution < 1.29 is 4.74 Å². The van der Waals surface area contributed by atoms with Crippen LogP contribution in [0.5, 0.6) is 0 Å². The molecule has 0 N–H and O–H groups in total. The molecule has 3 heteroatoms. The van der Waals surface area contributed by atoms with E-state index in [9.17, 15) is 0 Å². The molecular formula is C23H25BrOSi. The smallest absolute Gasteiger partial charge is 0.110 e. The molecule has 0 aliphatic carbocycles. The van der Waals surface area contributed by atoms with Crippen molar-refractivity contribution in [3.63, 3.8) is 0 Å². The van der Waals surface area contributed by atoms with Crippen LogP contribution < -0.4 is 10.4 Å². The van der Waals surface area contributed by atoms with Crippen LogP contribution in [0.4, 0.5) is 0 Å². The second-order valence-electron chi connectivity index (χ2n) is 7.37. The summed E-state index contributed by atoms with van der Waals surface area (Å²) >= 11 is 3.53. The van der Waals surface area contributed by atoms with Gasteiger partial charge < -0.3 is 4.74 Å². The van der Waals surface area contributed by atoms with Gasteiger partial charge in [0.15, 0.2) is 0 Å². The average molecular weight is 425 g/mol. The minimum absolute atomic E-state index is 0.106. The van der Waals surface area contributed by atoms with E-state index in [1.54, 1.807) is 0 Å². The normalized spacial score (nSPS) is 11.7. The van der Waals surface area contributed by atoms with Crippen molar-refractivity contribution in [3.8, 4) is 0 Å². The van der Waals surface area contributed by atoms with E-state index < -0.39 is 8.80 Å². The van der Waals surface area contributed by atoms with Gasteiger partial charge >= 0.3 is 0 Å². The van der Waals surface area contributed by atoms with Gasteiger partial charge in [-0.15, -0.1) is 0 Å². The van der Waals surface area contributed by atoms with Crippen molar-refractivity contribution in [2.24, 2.45) is 0 Å². The minimum atomic E-state index is -1.43. The Hall–Kier alpha value is -1.68. The quantitative estimate of drug-likeness (QED) is 0.495. The summed E-state index contributed by atoms with van der Waals surface area (Å²) in [5.74, 6) is 0. The van der Waals surface area contributed by atoms with Gasteiger partial charge in [0.2, 0.25) is 0 Å². The maximum absolute atomic E-state index is 6.18. The van der Waals surface area contributed by atoms with Gasteiger partial charge in [0, 0.05) is 4.47 Å². The van der Waals surface area contributed by atoms with Gasteiger partial charge in [-0.3, -0.25) is 0 Å². The van der Waals surface area contributed by atoms with Crippen LogP contribution in [0.3, 0.4) is 0 Å². The zero-order valence-electron chi connectivity index (χ0n) is 15.4. The highest BCUT2D eigenvalue weighted by atomic mass is 79.9. The van der Waals surface area contributed by atoms with E-state index in [0.29, 0.717) is 6.61 Å². The zero-order chi connectivity index (χ0) is 18.4. The van der Waals surface area contributed by atoms with E-state index in [1.165, 1.54) is 15.9 Å². The molecule has 0 amide bonds. The Balaban J connectivity index is 1.78. The Morgan fingerprint density at radius 2 is 1.38 bits per heavy atom. The summed E-state index contributed by atoms with van der Waals surface area (Å²) in [4.78, 5) is 0. The lowest BCUT2D eigenvalue weighted by molar-refractivity contribution is 0.101. The second-order valence-corrected chi connectivity index (χ2v) is 12.0. The molecule has 3 aromatic carbocycles. The van der Waals surface area contributed by atoms with Crippen LogP contribution in [0.15, 0.2) is 89.4 Å². The van der Waals surface area contributed by atoms with Crippen molar-refractivity contribution in [2.75, 3.05) is 6.61 Å². The Bertz CT molecular complexity index is 778. The molecule has 0 saturated heterocycles. The Morgan fingerprint density at radius 1 is 0.808 bits per heavy atom. The summed E-state index contributed by atoms with van der Waals surface area (Å²) in [6.07, 6.45) is 0. The van der Waals surface area contributed by atoms with Gasteiger partial charge in [0.25, 0.3) is 0 Å². The molecule has 0 fully saturated rings. The van der Waals surface area contributed by atoms with Crippen LogP contribution in [0.1, 0.15) is 19.4 Å². The van der Waals surface area contributed by atoms with E-state index >= 15 is 0 Å². The number of benzene rings is 3. The maximum Gasteiger partial charge on any atom is 0.110 e. The monoisotopic (exact) mass is 424 g/mol. The fourth-order valence-electron chi connectivity index (χ4n) is 3.53. The zero-order valence-corrected chi connectivity index (χ0v) is 18.1. The standard InChI is InChI=1S/C23H25BrOSi/c1-23(2,18-25-17-19-10-9-11-20(24)16-19)26(21-12-5-3-6-13-21)22-14-7-4-8-15-22/h3-16,26H,17-18H2,1-2H3. The van der Waals surface area contributed by atoms with Gasteiger partial charge in [0.1, 0.15) is 8.80 Å². The first-order valence-corrected chi connectivity index (χ1v) is 11.5. The number of rotatable bonds is 7. The molecule has 3 rings (SSSR count). The fourth-order valence-corrected chi connectivity index (χ4v) is 7.66. The van der Waals surface area contributed by atoms with Crippen molar-refractivity contribution >= 4 is 35.1 Å². The summed E-state index contributed by atoms with van der Waals surface area (Å²) in [5, 5.41) is 3.04. The van der Waals surface area contributed by atoms with E-state index in [0.717, 1.165) is 11.1 Å². The van der Waals surface area contributed by atoms with E-state index in [-0.39, 0.29) is 5.04 Å². The highest BCUT2D eigenvalue weighted by molar-refractivity contribution is 9.10. The van der Waals surface area contributed by atoms with Crippen molar-refractivity contribution in [2.45, 2.75) is 25.5 Å². The lowest BCUT2D eigenvalue weighted by Gasteiger charge is -2.34. The first kappa shape index (κ1) is 19.1. The molecule has 0 saturated carbocycles. The third-order valence-electron chi connectivity index (χ3n) is 4.68. The van der Waals surface area contributed by atoms with E-state index in [2.05, 4.69) is 109 Å². The molecule has 0 unspecified atom stereocenters. The van der Waals surface area contributed by atoms with Crippen molar-refractivity contribution in [1.82, 2.24) is 0 Å². The van der Waals surface area contributed by atoms with E-state index in [4.69, 9.17) is 4.74 Å². The third-order valence-corrected chi connectivity index (χ3v) is 9.01. The molecule has 0 heterocycles. The molecule has 0 spiro atoms. The third kappa shape index (κ3) is 4.94. The fraction of sp³-hybridized carbons (Fsp3) is 0.217. The predicted octanol–water partition coefficient (Wildman–Crippen LogP) is 4.79. The van der Waals surface area contributed by atoms with Crippen LogP contribution in [0.25, 0.3) is 0 Å². The molecule has 0 bridgehead atoms. The second kappa shape index (κ2) is 8.80. The lowest BCUT2D eigenvalue weighted by atomic mass is 10.2. The van der Waals surface area contributed by atoms with Gasteiger partial charge in [-0.2, -0.15) is 0 Å². The molecule has 3 aromatic rings. The maximum atomic E-state index is 6.18. The number of hydrogen-bond donors (Lipinski definition) is 0. The van der Waals surface area contributed by atoms with Gasteiger partial charge in [-0.05, 0) is 22.7 Å². The van der Waals surface area contributed by atoms with Gasteiger partial charge in [-0.25, -0.2) is 0 Å². The molecule has 0 aliphatic heterocycles. The summed E-state index contributed by atoms with van der Waals surface area (Å²) < 4.78 is 7.27. The summed E-state index contributed by atoms with van der Waals surface area (Å²) in [6, 6.07) is 30.2. The molecule has 0 aromatic heterocycles. The summed E-state index contributed by atoms with van der Waals surface area (Å²) in [6.45, 7) is 6.10. The number of hydrogen-bond acceptors (Lipinski definition) is 1. The van der Waals surface area contributed by atoms with Crippen LogP contribution in [0.2, 0.25) is 5.04 Å². The predicted molar refractivity (Wildman–Crippen MR) is 117 cm³/mol. The van der Waals surface area contributed by atoms with E-state index in [1.807, 2.05) is 6.07 Å². The highest BCUT2D eigenvalue weighted by Crippen LogP contribution is 2.29. The average Bonchev–Trinajstić information content (AvgIpc) is 2.63. The van der Waals surface area contributed by atoms with Crippen LogP contribution >= 0.6 is 15.9 Å². The Labute approximate surface area is 166 Å². The van der Waals surface area contributed by atoms with Crippen LogP contribution in [0, 0.1) is 0 Å².